The second-order valence-electron chi connectivity index (χ2n) is 9.24. The van der Waals surface area contributed by atoms with Crippen molar-refractivity contribution in [3.05, 3.63) is 102 Å². The lowest BCUT2D eigenvalue weighted by Gasteiger charge is -2.14. The van der Waals surface area contributed by atoms with Gasteiger partial charge in [0.05, 0.1) is 27.5 Å². The number of anilines is 1. The lowest BCUT2D eigenvalue weighted by atomic mass is 10.0. The number of fused-ring (bicyclic) bond motifs is 1. The van der Waals surface area contributed by atoms with Gasteiger partial charge in [-0.25, -0.2) is 8.42 Å². The van der Waals surface area contributed by atoms with Crippen LogP contribution < -0.4 is 9.46 Å². The summed E-state index contributed by atoms with van der Waals surface area (Å²) in [5, 5.41) is 5.30. The van der Waals surface area contributed by atoms with E-state index in [9.17, 15) is 8.42 Å². The zero-order valence-corrected chi connectivity index (χ0v) is 22.7. The molecule has 2 heterocycles. The maximum absolute atomic E-state index is 13.4. The molecule has 0 aliphatic rings. The Bertz CT molecular complexity index is 1730. The normalized spacial score (nSPS) is 11.6. The van der Waals surface area contributed by atoms with E-state index in [0.717, 1.165) is 45.6 Å². The predicted octanol–water partition coefficient (Wildman–Crippen LogP) is 6.19. The second kappa shape index (κ2) is 10.3. The second-order valence-corrected chi connectivity index (χ2v) is 10.9. The fourth-order valence-electron chi connectivity index (χ4n) is 4.49. The molecule has 3 aromatic carbocycles. The molecule has 0 aliphatic carbocycles. The van der Waals surface area contributed by atoms with Gasteiger partial charge in [-0.1, -0.05) is 61.5 Å². The van der Waals surface area contributed by atoms with E-state index in [0.29, 0.717) is 23.6 Å². The van der Waals surface area contributed by atoms with E-state index in [4.69, 9.17) is 4.74 Å². The zero-order valence-electron chi connectivity index (χ0n) is 21.9. The first kappa shape index (κ1) is 25.5. The summed E-state index contributed by atoms with van der Waals surface area (Å²) in [6.07, 6.45) is 0.826. The highest BCUT2D eigenvalue weighted by molar-refractivity contribution is 7.92. The molecule has 0 saturated carbocycles. The van der Waals surface area contributed by atoms with Crippen molar-refractivity contribution in [3.8, 4) is 16.9 Å². The van der Waals surface area contributed by atoms with E-state index >= 15 is 0 Å². The van der Waals surface area contributed by atoms with Crippen LogP contribution in [0.15, 0.2) is 83.8 Å². The van der Waals surface area contributed by atoms with Gasteiger partial charge < -0.3 is 4.74 Å². The number of sulfonamides is 1. The minimum atomic E-state index is -3.84. The van der Waals surface area contributed by atoms with Crippen LogP contribution in [0.2, 0.25) is 0 Å². The number of aryl methyl sites for hydroxylation is 3. The van der Waals surface area contributed by atoms with E-state index < -0.39 is 10.0 Å². The maximum atomic E-state index is 13.4. The van der Waals surface area contributed by atoms with Crippen molar-refractivity contribution in [2.24, 2.45) is 7.05 Å². The van der Waals surface area contributed by atoms with E-state index in [1.807, 2.05) is 73.7 Å². The lowest BCUT2D eigenvalue weighted by molar-refractivity contribution is 0.309. The Morgan fingerprint density at radius 2 is 1.66 bits per heavy atom. The Balaban J connectivity index is 1.39. The van der Waals surface area contributed by atoms with Crippen LogP contribution in [-0.4, -0.2) is 23.2 Å². The Kier molecular flexibility index (Phi) is 6.91. The van der Waals surface area contributed by atoms with Gasteiger partial charge in [0.1, 0.15) is 12.4 Å². The Labute approximate surface area is 223 Å². The fourth-order valence-corrected chi connectivity index (χ4v) is 5.90. The number of nitrogens with one attached hydrogen (secondary N) is 1. The van der Waals surface area contributed by atoms with Crippen molar-refractivity contribution in [2.45, 2.75) is 38.7 Å². The molecule has 5 rings (SSSR count). The standard InChI is InChI=1S/C30H30N4O3S/c1-5-24-18-28(26-11-6-8-12-27(26)31-24)37-19-22-14-16-23(17-15-22)25-10-7-9-13-29(25)38(35,36)33-30-20(2)32-34(4)21(30)3/h6-18,33H,5,19H2,1-4H3. The third-order valence-corrected chi connectivity index (χ3v) is 8.08. The molecule has 0 atom stereocenters. The van der Waals surface area contributed by atoms with Gasteiger partial charge in [0, 0.05) is 29.8 Å². The number of para-hydroxylation sites is 1. The van der Waals surface area contributed by atoms with Crippen LogP contribution in [0.3, 0.4) is 0 Å². The Morgan fingerprint density at radius 3 is 2.37 bits per heavy atom. The molecular formula is C30H30N4O3S. The summed E-state index contributed by atoms with van der Waals surface area (Å²) < 4.78 is 37.5. The van der Waals surface area contributed by atoms with Gasteiger partial charge in [-0.3, -0.25) is 14.4 Å². The summed E-state index contributed by atoms with van der Waals surface area (Å²) in [4.78, 5) is 4.89. The molecule has 0 fully saturated rings. The lowest BCUT2D eigenvalue weighted by Crippen LogP contribution is -2.15. The fraction of sp³-hybridized carbons (Fsp3) is 0.200. The van der Waals surface area contributed by atoms with Crippen LogP contribution in [0.4, 0.5) is 5.69 Å². The SMILES string of the molecule is CCc1cc(OCc2ccc(-c3ccccc3S(=O)(=O)Nc3c(C)nn(C)c3C)cc2)c2ccccc2n1. The van der Waals surface area contributed by atoms with Gasteiger partial charge in [0.15, 0.2) is 0 Å². The van der Waals surface area contributed by atoms with E-state index in [2.05, 4.69) is 21.7 Å². The van der Waals surface area contributed by atoms with Gasteiger partial charge in [-0.2, -0.15) is 5.10 Å². The molecule has 8 heteroatoms. The molecule has 0 unspecified atom stereocenters. The van der Waals surface area contributed by atoms with Crippen molar-refractivity contribution in [1.29, 1.82) is 0 Å². The number of aromatic nitrogens is 3. The molecule has 38 heavy (non-hydrogen) atoms. The molecule has 0 aliphatic heterocycles. The number of hydrogen-bond acceptors (Lipinski definition) is 5. The smallest absolute Gasteiger partial charge is 0.262 e. The number of hydrogen-bond donors (Lipinski definition) is 1. The third kappa shape index (κ3) is 4.99. The van der Waals surface area contributed by atoms with Crippen molar-refractivity contribution < 1.29 is 13.2 Å². The summed E-state index contributed by atoms with van der Waals surface area (Å²) in [6, 6.07) is 24.7. The first-order valence-corrected chi connectivity index (χ1v) is 14.0. The Morgan fingerprint density at radius 1 is 0.947 bits per heavy atom. The van der Waals surface area contributed by atoms with Gasteiger partial charge in [0.2, 0.25) is 0 Å². The van der Waals surface area contributed by atoms with Crippen molar-refractivity contribution in [3.63, 3.8) is 0 Å². The van der Waals surface area contributed by atoms with Crippen LogP contribution in [0.1, 0.15) is 29.6 Å². The first-order valence-electron chi connectivity index (χ1n) is 12.5. The molecule has 5 aromatic rings. The van der Waals surface area contributed by atoms with Crippen LogP contribution in [0.5, 0.6) is 5.75 Å². The number of rotatable bonds is 8. The molecular weight excluding hydrogens is 496 g/mol. The summed E-state index contributed by atoms with van der Waals surface area (Å²) in [7, 11) is -2.05. The number of benzene rings is 3. The van der Waals surface area contributed by atoms with Crippen LogP contribution in [-0.2, 0) is 30.1 Å². The highest BCUT2D eigenvalue weighted by Gasteiger charge is 2.22. The van der Waals surface area contributed by atoms with Gasteiger partial charge in [-0.15, -0.1) is 0 Å². The predicted molar refractivity (Wildman–Crippen MR) is 151 cm³/mol. The summed E-state index contributed by atoms with van der Waals surface area (Å²) >= 11 is 0. The monoisotopic (exact) mass is 526 g/mol. The Hall–Kier alpha value is -4.17. The average Bonchev–Trinajstić information content (AvgIpc) is 3.17. The average molecular weight is 527 g/mol. The van der Waals surface area contributed by atoms with Gasteiger partial charge in [0.25, 0.3) is 10.0 Å². The quantitative estimate of drug-likeness (QED) is 0.260. The van der Waals surface area contributed by atoms with Crippen LogP contribution >= 0.6 is 0 Å². The van der Waals surface area contributed by atoms with E-state index in [-0.39, 0.29) is 4.90 Å². The third-order valence-electron chi connectivity index (χ3n) is 6.67. The molecule has 0 radical (unpaired) electrons. The summed E-state index contributed by atoms with van der Waals surface area (Å²) in [5.41, 5.74) is 6.19. The largest absolute Gasteiger partial charge is 0.488 e. The molecule has 0 amide bonds. The van der Waals surface area contributed by atoms with Crippen LogP contribution in [0, 0.1) is 13.8 Å². The van der Waals surface area contributed by atoms with Crippen molar-refractivity contribution in [1.82, 2.24) is 14.8 Å². The summed E-state index contributed by atoms with van der Waals surface area (Å²) in [6.45, 7) is 6.09. The van der Waals surface area contributed by atoms with Crippen molar-refractivity contribution >= 4 is 26.6 Å². The van der Waals surface area contributed by atoms with Gasteiger partial charge >= 0.3 is 0 Å². The molecule has 194 valence electrons. The minimum absolute atomic E-state index is 0.210. The van der Waals surface area contributed by atoms with E-state index in [1.165, 1.54) is 0 Å². The molecule has 0 saturated heterocycles. The number of nitrogens with zero attached hydrogens (tertiary/aromatic N) is 3. The molecule has 0 bridgehead atoms. The number of ether oxygens (including phenoxy) is 1. The van der Waals surface area contributed by atoms with Gasteiger partial charge in [-0.05, 0) is 49.6 Å². The molecule has 2 aromatic heterocycles. The zero-order chi connectivity index (χ0) is 26.9. The molecule has 0 spiro atoms. The molecule has 1 N–H and O–H groups in total. The summed E-state index contributed by atoms with van der Waals surface area (Å²) in [5.74, 6) is 0.806. The molecule has 7 nitrogen and oxygen atoms in total. The van der Waals surface area contributed by atoms with Crippen LogP contribution in [0.25, 0.3) is 22.0 Å². The number of pyridine rings is 1. The highest BCUT2D eigenvalue weighted by atomic mass is 32.2. The minimum Gasteiger partial charge on any atom is -0.488 e. The van der Waals surface area contributed by atoms with E-state index in [1.54, 1.807) is 30.8 Å². The highest BCUT2D eigenvalue weighted by Crippen LogP contribution is 2.31. The van der Waals surface area contributed by atoms with Crippen molar-refractivity contribution in [2.75, 3.05) is 4.72 Å². The first-order chi connectivity index (χ1) is 18.3. The topological polar surface area (TPSA) is 86.1 Å². The maximum Gasteiger partial charge on any atom is 0.262 e.